The molecule has 3 N–H and O–H groups in total. The second-order valence-electron chi connectivity index (χ2n) is 14.2. The number of piperidine rings is 3. The summed E-state index contributed by atoms with van der Waals surface area (Å²) in [4.78, 5) is 19.8. The van der Waals surface area contributed by atoms with Gasteiger partial charge >= 0.3 is 0 Å². The SMILES string of the molecule is C=C(Nc1ccc2nccc([C@@H]3OC4(CC)CN5CCC4CC35)c2c1)Nc1ccc2ccccc2c1-c1c(NC(C)=O)ccc2ccccc12. The second kappa shape index (κ2) is 12.0. The van der Waals surface area contributed by atoms with Crippen LogP contribution in [0.5, 0.6) is 0 Å². The molecule has 0 spiro atoms. The number of aromatic nitrogens is 1. The van der Waals surface area contributed by atoms with Gasteiger partial charge in [0.15, 0.2) is 0 Å². The van der Waals surface area contributed by atoms with Gasteiger partial charge < -0.3 is 20.7 Å². The molecule has 6 aromatic rings. The van der Waals surface area contributed by atoms with Gasteiger partial charge in [-0.25, -0.2) is 0 Å². The molecule has 7 heteroatoms. The highest BCUT2D eigenvalue weighted by Crippen LogP contribution is 2.55. The van der Waals surface area contributed by atoms with Crippen molar-refractivity contribution in [3.63, 3.8) is 0 Å². The van der Waals surface area contributed by atoms with E-state index in [9.17, 15) is 4.79 Å². The molecular formula is C43H41N5O2. The first-order chi connectivity index (χ1) is 24.4. The number of morpholine rings is 1. The summed E-state index contributed by atoms with van der Waals surface area (Å²) in [6.07, 6.45) is 5.44. The zero-order valence-corrected chi connectivity index (χ0v) is 28.5. The zero-order chi connectivity index (χ0) is 34.0. The van der Waals surface area contributed by atoms with Gasteiger partial charge in [0, 0.05) is 59.3 Å². The normalized spacial score (nSPS) is 23.7. The molecule has 11 rings (SSSR count). The van der Waals surface area contributed by atoms with E-state index >= 15 is 0 Å². The summed E-state index contributed by atoms with van der Waals surface area (Å²) in [5, 5.41) is 15.7. The lowest BCUT2D eigenvalue weighted by atomic mass is 9.66. The molecule has 6 heterocycles. The number of pyridine rings is 1. The van der Waals surface area contributed by atoms with Crippen molar-refractivity contribution in [1.82, 2.24) is 9.88 Å². The average Bonchev–Trinajstić information content (AvgIpc) is 3.14. The third-order valence-corrected chi connectivity index (χ3v) is 11.4. The van der Waals surface area contributed by atoms with Crippen molar-refractivity contribution in [2.45, 2.75) is 50.9 Å². The summed E-state index contributed by atoms with van der Waals surface area (Å²) in [5.41, 5.74) is 6.64. The van der Waals surface area contributed by atoms with Crippen LogP contribution in [0, 0.1) is 5.92 Å². The maximum Gasteiger partial charge on any atom is 0.221 e. The van der Waals surface area contributed by atoms with E-state index in [1.165, 1.54) is 24.9 Å². The molecule has 5 saturated heterocycles. The van der Waals surface area contributed by atoms with Crippen molar-refractivity contribution in [3.05, 3.63) is 121 Å². The van der Waals surface area contributed by atoms with Crippen LogP contribution in [0.2, 0.25) is 0 Å². The average molecular weight is 660 g/mol. The number of hydrogen-bond acceptors (Lipinski definition) is 6. The van der Waals surface area contributed by atoms with Gasteiger partial charge in [0.05, 0.1) is 17.2 Å². The predicted molar refractivity (Wildman–Crippen MR) is 204 cm³/mol. The van der Waals surface area contributed by atoms with Crippen LogP contribution in [0.15, 0.2) is 116 Å². The van der Waals surface area contributed by atoms with Crippen molar-refractivity contribution in [3.8, 4) is 11.1 Å². The van der Waals surface area contributed by atoms with Gasteiger partial charge in [-0.05, 0) is 95.2 Å². The molecule has 5 aromatic carbocycles. The number of nitrogens with zero attached hydrogens (tertiary/aromatic N) is 2. The lowest BCUT2D eigenvalue weighted by molar-refractivity contribution is -0.274. The number of benzene rings is 5. The van der Waals surface area contributed by atoms with Crippen LogP contribution in [-0.2, 0) is 9.53 Å². The molecule has 50 heavy (non-hydrogen) atoms. The summed E-state index contributed by atoms with van der Waals surface area (Å²) in [5.74, 6) is 1.17. The van der Waals surface area contributed by atoms with Gasteiger partial charge in [0.25, 0.3) is 0 Å². The van der Waals surface area contributed by atoms with Gasteiger partial charge in [-0.15, -0.1) is 0 Å². The second-order valence-corrected chi connectivity index (χ2v) is 14.2. The highest BCUT2D eigenvalue weighted by molar-refractivity contribution is 6.15. The van der Waals surface area contributed by atoms with Gasteiger partial charge in [0.2, 0.25) is 5.91 Å². The summed E-state index contributed by atoms with van der Waals surface area (Å²) in [6.45, 7) is 10.5. The first-order valence-electron chi connectivity index (χ1n) is 17.8. The first-order valence-corrected chi connectivity index (χ1v) is 17.8. The van der Waals surface area contributed by atoms with Crippen LogP contribution in [-0.4, -0.2) is 40.5 Å². The Balaban J connectivity index is 1.08. The third kappa shape index (κ3) is 5.03. The lowest BCUT2D eigenvalue weighted by Crippen LogP contribution is -2.70. The third-order valence-electron chi connectivity index (χ3n) is 11.4. The monoisotopic (exact) mass is 659 g/mol. The first kappa shape index (κ1) is 30.8. The van der Waals surface area contributed by atoms with E-state index in [1.807, 2.05) is 30.5 Å². The molecular weight excluding hydrogens is 619 g/mol. The van der Waals surface area contributed by atoms with E-state index in [0.717, 1.165) is 73.6 Å². The lowest BCUT2D eigenvalue weighted by Gasteiger charge is -2.64. The Morgan fingerprint density at radius 2 is 1.58 bits per heavy atom. The number of carbonyl (C=O) groups is 1. The van der Waals surface area contributed by atoms with Crippen molar-refractivity contribution >= 4 is 55.4 Å². The van der Waals surface area contributed by atoms with Crippen molar-refractivity contribution in [2.24, 2.45) is 5.92 Å². The Morgan fingerprint density at radius 3 is 2.24 bits per heavy atom. The van der Waals surface area contributed by atoms with Crippen LogP contribution in [0.3, 0.4) is 0 Å². The number of nitrogens with one attached hydrogen (secondary N) is 3. The largest absolute Gasteiger partial charge is 0.364 e. The van der Waals surface area contributed by atoms with Crippen LogP contribution in [0.4, 0.5) is 17.1 Å². The number of fused-ring (bicyclic) bond motifs is 5. The van der Waals surface area contributed by atoms with Crippen molar-refractivity contribution in [1.29, 1.82) is 0 Å². The molecule has 5 fully saturated rings. The number of carbonyl (C=O) groups excluding carboxylic acids is 1. The molecule has 7 nitrogen and oxygen atoms in total. The Kier molecular flexibility index (Phi) is 7.37. The summed E-state index contributed by atoms with van der Waals surface area (Å²) in [6, 6.07) is 33.8. The quantitative estimate of drug-likeness (QED) is 0.151. The topological polar surface area (TPSA) is 78.5 Å². The van der Waals surface area contributed by atoms with Crippen molar-refractivity contribution < 1.29 is 9.53 Å². The number of ether oxygens (including phenoxy) is 1. The Hall–Kier alpha value is -5.24. The summed E-state index contributed by atoms with van der Waals surface area (Å²) in [7, 11) is 0. The maximum absolute atomic E-state index is 12.4. The summed E-state index contributed by atoms with van der Waals surface area (Å²) >= 11 is 0. The molecule has 0 radical (unpaired) electrons. The zero-order valence-electron chi connectivity index (χ0n) is 28.5. The number of rotatable bonds is 8. The van der Waals surface area contributed by atoms with E-state index < -0.39 is 0 Å². The van der Waals surface area contributed by atoms with E-state index in [4.69, 9.17) is 9.72 Å². The molecule has 4 bridgehead atoms. The molecule has 5 aliphatic heterocycles. The fourth-order valence-electron chi connectivity index (χ4n) is 9.07. The fraction of sp³-hybridized carbons (Fsp3) is 0.256. The van der Waals surface area contributed by atoms with Crippen LogP contribution >= 0.6 is 0 Å². The number of amides is 1. The molecule has 1 aromatic heterocycles. The molecule has 0 saturated carbocycles. The number of hydrogen-bond donors (Lipinski definition) is 3. The van der Waals surface area contributed by atoms with E-state index in [2.05, 4.69) is 107 Å². The van der Waals surface area contributed by atoms with Gasteiger partial charge in [0.1, 0.15) is 5.82 Å². The number of anilines is 3. The van der Waals surface area contributed by atoms with Gasteiger partial charge in [-0.1, -0.05) is 74.2 Å². The minimum absolute atomic E-state index is 0.0287. The van der Waals surface area contributed by atoms with E-state index in [0.29, 0.717) is 17.8 Å². The fourth-order valence-corrected chi connectivity index (χ4v) is 9.07. The smallest absolute Gasteiger partial charge is 0.221 e. The van der Waals surface area contributed by atoms with Gasteiger partial charge in [-0.2, -0.15) is 0 Å². The highest BCUT2D eigenvalue weighted by Gasteiger charge is 2.58. The minimum atomic E-state index is -0.117. The molecule has 0 aliphatic carbocycles. The minimum Gasteiger partial charge on any atom is -0.364 e. The van der Waals surface area contributed by atoms with Crippen LogP contribution in [0.25, 0.3) is 43.6 Å². The Labute approximate surface area is 292 Å². The molecule has 5 atom stereocenters. The molecule has 1 amide bonds. The Bertz CT molecular complexity index is 2330. The molecule has 4 unspecified atom stereocenters. The predicted octanol–water partition coefficient (Wildman–Crippen LogP) is 9.48. The Morgan fingerprint density at radius 1 is 0.880 bits per heavy atom. The summed E-state index contributed by atoms with van der Waals surface area (Å²) < 4.78 is 7.06. The van der Waals surface area contributed by atoms with Gasteiger partial charge in [-0.3, -0.25) is 14.7 Å². The standard InChI is InChI=1S/C43H41N5O2/c1-4-43-25-48-22-20-30(43)23-39(48)42(50-43)34-19-21-44-36-18-15-31(24-35(34)36)45-26(2)46-37-16-13-28-9-5-7-11-32(28)40(37)41-33-12-8-6-10-29(33)14-17-38(41)47-27(3)49/h5-19,21,24,30,39,42,45-46H,2,4,20,22-23,25H2,1,3H3,(H,47,49)/t30?,39?,42-,43?/m0/s1. The van der Waals surface area contributed by atoms with Crippen molar-refractivity contribution in [2.75, 3.05) is 29.0 Å². The maximum atomic E-state index is 12.4. The van der Waals surface area contributed by atoms with E-state index in [1.54, 1.807) is 6.92 Å². The van der Waals surface area contributed by atoms with E-state index in [-0.39, 0.29) is 17.6 Å². The van der Waals surface area contributed by atoms with Crippen LogP contribution < -0.4 is 16.0 Å². The highest BCUT2D eigenvalue weighted by atomic mass is 16.5. The molecule has 5 aliphatic rings. The molecule has 250 valence electrons. The van der Waals surface area contributed by atoms with Crippen LogP contribution in [0.1, 0.15) is 44.8 Å².